The summed E-state index contributed by atoms with van der Waals surface area (Å²) in [7, 11) is 0. The number of fused-ring (bicyclic) bond motifs is 1. The van der Waals surface area contributed by atoms with Crippen LogP contribution in [-0.2, 0) is 6.54 Å². The molecule has 0 atom stereocenters. The lowest BCUT2D eigenvalue weighted by molar-refractivity contribution is 0.0951. The Labute approximate surface area is 151 Å². The molecule has 0 spiro atoms. The van der Waals surface area contributed by atoms with Crippen molar-refractivity contribution in [3.05, 3.63) is 70.2 Å². The van der Waals surface area contributed by atoms with Gasteiger partial charge in [0.2, 0.25) is 0 Å². The van der Waals surface area contributed by atoms with Crippen LogP contribution in [0.15, 0.2) is 59.7 Å². The number of nitrogens with one attached hydrogen (secondary N) is 1. The minimum Gasteiger partial charge on any atom is -0.348 e. The summed E-state index contributed by atoms with van der Waals surface area (Å²) in [5.74, 6) is 0.273. The standard InChI is InChI=1S/C17H14N6O2S/c24-15-7-6-14(22-10-3-8-19-22)21-23(15)11-9-18-16(25)17-20-12-4-1-2-5-13(12)26-17/h1-8,10H,9,11H2,(H,18,25). The van der Waals surface area contributed by atoms with Gasteiger partial charge in [0.1, 0.15) is 0 Å². The molecule has 3 heterocycles. The topological polar surface area (TPSA) is 94.7 Å². The van der Waals surface area contributed by atoms with Crippen LogP contribution in [0.4, 0.5) is 0 Å². The first-order valence-corrected chi connectivity index (χ1v) is 8.74. The molecule has 9 heteroatoms. The minimum absolute atomic E-state index is 0.241. The Morgan fingerprint density at radius 3 is 2.85 bits per heavy atom. The molecule has 1 N–H and O–H groups in total. The van der Waals surface area contributed by atoms with E-state index in [0.717, 1.165) is 10.2 Å². The van der Waals surface area contributed by atoms with Crippen LogP contribution in [0.3, 0.4) is 0 Å². The fourth-order valence-corrected chi connectivity index (χ4v) is 3.33. The molecule has 26 heavy (non-hydrogen) atoms. The monoisotopic (exact) mass is 366 g/mol. The fourth-order valence-electron chi connectivity index (χ4n) is 2.45. The molecule has 0 saturated heterocycles. The first-order valence-electron chi connectivity index (χ1n) is 7.93. The zero-order chi connectivity index (χ0) is 17.9. The maximum atomic E-state index is 12.3. The van der Waals surface area contributed by atoms with Crippen molar-refractivity contribution in [1.29, 1.82) is 0 Å². The Morgan fingerprint density at radius 1 is 1.15 bits per heavy atom. The number of carbonyl (C=O) groups excluding carboxylic acids is 1. The number of para-hydroxylation sites is 1. The second-order valence-corrected chi connectivity index (χ2v) is 6.48. The van der Waals surface area contributed by atoms with E-state index < -0.39 is 0 Å². The van der Waals surface area contributed by atoms with Crippen molar-refractivity contribution in [2.75, 3.05) is 6.54 Å². The SMILES string of the molecule is O=C(NCCn1nc(-n2cccn2)ccc1=O)c1nc2ccccc2s1. The molecule has 130 valence electrons. The maximum Gasteiger partial charge on any atom is 0.280 e. The van der Waals surface area contributed by atoms with E-state index >= 15 is 0 Å². The van der Waals surface area contributed by atoms with Crippen molar-refractivity contribution in [3.63, 3.8) is 0 Å². The highest BCUT2D eigenvalue weighted by Crippen LogP contribution is 2.21. The van der Waals surface area contributed by atoms with Gasteiger partial charge in [0.05, 0.1) is 16.8 Å². The lowest BCUT2D eigenvalue weighted by atomic mass is 10.3. The van der Waals surface area contributed by atoms with E-state index in [1.165, 1.54) is 22.1 Å². The molecular weight excluding hydrogens is 352 g/mol. The molecule has 0 aliphatic carbocycles. The molecule has 1 aromatic carbocycles. The summed E-state index contributed by atoms with van der Waals surface area (Å²) < 4.78 is 3.83. The van der Waals surface area contributed by atoms with Crippen LogP contribution in [0.5, 0.6) is 0 Å². The molecule has 4 aromatic rings. The van der Waals surface area contributed by atoms with Crippen molar-refractivity contribution in [3.8, 4) is 5.82 Å². The Balaban J connectivity index is 1.43. The molecule has 0 aliphatic heterocycles. The van der Waals surface area contributed by atoms with Gasteiger partial charge in [-0.1, -0.05) is 12.1 Å². The molecule has 1 amide bonds. The Morgan fingerprint density at radius 2 is 2.04 bits per heavy atom. The number of carbonyl (C=O) groups is 1. The molecule has 0 bridgehead atoms. The van der Waals surface area contributed by atoms with Crippen molar-refractivity contribution in [2.24, 2.45) is 0 Å². The third-order valence-corrected chi connectivity index (χ3v) is 4.72. The van der Waals surface area contributed by atoms with Crippen molar-refractivity contribution >= 4 is 27.5 Å². The van der Waals surface area contributed by atoms with Gasteiger partial charge in [-0.05, 0) is 24.3 Å². The van der Waals surface area contributed by atoms with E-state index in [0.29, 0.717) is 10.8 Å². The minimum atomic E-state index is -0.262. The lowest BCUT2D eigenvalue weighted by Crippen LogP contribution is -2.32. The normalized spacial score (nSPS) is 10.9. The van der Waals surface area contributed by atoms with Crippen LogP contribution in [-0.4, -0.2) is 37.0 Å². The van der Waals surface area contributed by atoms with Crippen LogP contribution in [0.25, 0.3) is 16.0 Å². The quantitative estimate of drug-likeness (QED) is 0.577. The van der Waals surface area contributed by atoms with Gasteiger partial charge in [0.15, 0.2) is 10.8 Å². The maximum absolute atomic E-state index is 12.3. The number of amides is 1. The molecule has 0 saturated carbocycles. The smallest absolute Gasteiger partial charge is 0.280 e. The predicted octanol–water partition coefficient (Wildman–Crippen LogP) is 1.47. The van der Waals surface area contributed by atoms with Crippen LogP contribution in [0.2, 0.25) is 0 Å². The Bertz CT molecular complexity index is 1080. The van der Waals surface area contributed by atoms with Crippen LogP contribution < -0.4 is 10.9 Å². The molecule has 0 radical (unpaired) electrons. The van der Waals surface area contributed by atoms with E-state index in [9.17, 15) is 9.59 Å². The molecule has 0 aliphatic rings. The van der Waals surface area contributed by atoms with E-state index in [-0.39, 0.29) is 24.6 Å². The first kappa shape index (κ1) is 16.2. The highest BCUT2D eigenvalue weighted by Gasteiger charge is 2.11. The summed E-state index contributed by atoms with van der Waals surface area (Å²) in [6, 6.07) is 12.4. The summed E-state index contributed by atoms with van der Waals surface area (Å²) in [6.07, 6.45) is 3.38. The highest BCUT2D eigenvalue weighted by atomic mass is 32.1. The van der Waals surface area contributed by atoms with Crippen LogP contribution >= 0.6 is 11.3 Å². The van der Waals surface area contributed by atoms with Crippen molar-refractivity contribution in [2.45, 2.75) is 6.54 Å². The Hall–Kier alpha value is -3.33. The first-order chi connectivity index (χ1) is 12.7. The van der Waals surface area contributed by atoms with Gasteiger partial charge in [0, 0.05) is 25.0 Å². The number of hydrogen-bond acceptors (Lipinski definition) is 6. The third-order valence-electron chi connectivity index (χ3n) is 3.69. The number of nitrogens with zero attached hydrogens (tertiary/aromatic N) is 5. The van der Waals surface area contributed by atoms with Gasteiger partial charge >= 0.3 is 0 Å². The molecule has 0 unspecified atom stereocenters. The number of hydrogen-bond donors (Lipinski definition) is 1. The summed E-state index contributed by atoms with van der Waals surface area (Å²) in [6.45, 7) is 0.523. The van der Waals surface area contributed by atoms with Crippen LogP contribution in [0, 0.1) is 0 Å². The average molecular weight is 366 g/mol. The molecule has 0 fully saturated rings. The van der Waals surface area contributed by atoms with Gasteiger partial charge in [-0.25, -0.2) is 14.3 Å². The second-order valence-electron chi connectivity index (χ2n) is 5.45. The summed E-state index contributed by atoms with van der Waals surface area (Å²) in [4.78, 5) is 28.5. The number of benzene rings is 1. The second kappa shape index (κ2) is 6.89. The zero-order valence-electron chi connectivity index (χ0n) is 13.6. The Kier molecular flexibility index (Phi) is 4.28. The fraction of sp³-hybridized carbons (Fsp3) is 0.118. The van der Waals surface area contributed by atoms with Gasteiger partial charge < -0.3 is 5.32 Å². The molecule has 3 aromatic heterocycles. The van der Waals surface area contributed by atoms with E-state index in [2.05, 4.69) is 20.5 Å². The van der Waals surface area contributed by atoms with Gasteiger partial charge in [-0.3, -0.25) is 9.59 Å². The third kappa shape index (κ3) is 3.24. The summed E-state index contributed by atoms with van der Waals surface area (Å²) in [5, 5.41) is 11.5. The van der Waals surface area contributed by atoms with E-state index in [4.69, 9.17) is 0 Å². The highest BCUT2D eigenvalue weighted by molar-refractivity contribution is 7.20. The lowest BCUT2D eigenvalue weighted by Gasteiger charge is -2.07. The average Bonchev–Trinajstić information content (AvgIpc) is 3.32. The largest absolute Gasteiger partial charge is 0.348 e. The van der Waals surface area contributed by atoms with E-state index in [1.54, 1.807) is 29.2 Å². The zero-order valence-corrected chi connectivity index (χ0v) is 14.4. The van der Waals surface area contributed by atoms with Gasteiger partial charge in [0.25, 0.3) is 11.5 Å². The van der Waals surface area contributed by atoms with Gasteiger partial charge in [-0.2, -0.15) is 5.10 Å². The van der Waals surface area contributed by atoms with Crippen molar-refractivity contribution in [1.82, 2.24) is 29.9 Å². The van der Waals surface area contributed by atoms with E-state index in [1.807, 2.05) is 24.3 Å². The van der Waals surface area contributed by atoms with Crippen LogP contribution in [0.1, 0.15) is 9.80 Å². The van der Waals surface area contributed by atoms with Crippen molar-refractivity contribution < 1.29 is 4.79 Å². The number of rotatable bonds is 5. The molecule has 8 nitrogen and oxygen atoms in total. The van der Waals surface area contributed by atoms with Gasteiger partial charge in [-0.15, -0.1) is 16.4 Å². The number of thiazole rings is 1. The summed E-state index contributed by atoms with van der Waals surface area (Å²) >= 11 is 1.34. The number of aromatic nitrogens is 5. The molecule has 4 rings (SSSR count). The predicted molar refractivity (Wildman–Crippen MR) is 97.6 cm³/mol. The molecular formula is C17H14N6O2S. The summed E-state index contributed by atoms with van der Waals surface area (Å²) in [5.41, 5.74) is 0.558.